The number of aliphatic carboxylic acids is 1. The Labute approximate surface area is 225 Å². The third kappa shape index (κ3) is 9.42. The maximum absolute atomic E-state index is 13.1. The van der Waals surface area contributed by atoms with Gasteiger partial charge in [0, 0.05) is 32.0 Å². The zero-order valence-electron chi connectivity index (χ0n) is 21.3. The summed E-state index contributed by atoms with van der Waals surface area (Å²) in [7, 11) is 0. The molecule has 0 saturated carbocycles. The van der Waals surface area contributed by atoms with Gasteiger partial charge in [-0.05, 0) is 41.7 Å². The Kier molecular flexibility index (Phi) is 10.4. The highest BCUT2D eigenvalue weighted by Gasteiger charge is 2.27. The quantitative estimate of drug-likeness (QED) is 0.243. The molecule has 12 nitrogen and oxygen atoms in total. The first-order chi connectivity index (χ1) is 18.6. The molecule has 39 heavy (non-hydrogen) atoms. The molecule has 0 unspecified atom stereocenters. The lowest BCUT2D eigenvalue weighted by atomic mass is 10.0. The molecule has 1 aliphatic rings. The van der Waals surface area contributed by atoms with Crippen molar-refractivity contribution in [1.82, 2.24) is 21.3 Å². The maximum atomic E-state index is 13.1. The summed E-state index contributed by atoms with van der Waals surface area (Å²) < 4.78 is 0. The number of carboxylic acids is 1. The third-order valence-electron chi connectivity index (χ3n) is 6.28. The highest BCUT2D eigenvalue weighted by atomic mass is 16.4. The summed E-state index contributed by atoms with van der Waals surface area (Å²) in [5, 5.41) is 29.4. The molecule has 0 aromatic heterocycles. The molecule has 1 aliphatic heterocycles. The average Bonchev–Trinajstić information content (AvgIpc) is 2.90. The number of phenols is 1. The fourth-order valence-electron chi connectivity index (χ4n) is 4.20. The van der Waals surface area contributed by atoms with Gasteiger partial charge in [-0.25, -0.2) is 0 Å². The third-order valence-corrected chi connectivity index (χ3v) is 6.28. The largest absolute Gasteiger partial charge is 0.508 e. The first-order valence-electron chi connectivity index (χ1n) is 12.6. The van der Waals surface area contributed by atoms with Crippen LogP contribution in [0.2, 0.25) is 0 Å². The van der Waals surface area contributed by atoms with Crippen LogP contribution in [-0.4, -0.2) is 64.5 Å². The van der Waals surface area contributed by atoms with Gasteiger partial charge < -0.3 is 37.2 Å². The number of hydrogen-bond acceptors (Lipinski definition) is 7. The zero-order chi connectivity index (χ0) is 28.4. The Balaban J connectivity index is 1.74. The van der Waals surface area contributed by atoms with Gasteiger partial charge in [0.05, 0.1) is 6.42 Å². The number of carbonyl (C=O) groups excluding carboxylic acids is 4. The van der Waals surface area contributed by atoms with E-state index in [1.54, 1.807) is 36.4 Å². The predicted octanol–water partition coefficient (Wildman–Crippen LogP) is -0.525. The molecule has 0 aliphatic carbocycles. The van der Waals surface area contributed by atoms with E-state index < -0.39 is 47.7 Å². The van der Waals surface area contributed by atoms with Crippen LogP contribution in [0.1, 0.15) is 36.0 Å². The van der Waals surface area contributed by atoms with Gasteiger partial charge in [0.15, 0.2) is 0 Å². The van der Waals surface area contributed by atoms with Crippen LogP contribution in [0.25, 0.3) is 0 Å². The number of carboxylic acid groups (broad SMARTS) is 1. The van der Waals surface area contributed by atoms with Crippen molar-refractivity contribution >= 4 is 29.6 Å². The second-order valence-corrected chi connectivity index (χ2v) is 9.41. The van der Waals surface area contributed by atoms with Crippen molar-refractivity contribution in [2.24, 2.45) is 5.73 Å². The molecule has 2 aromatic rings. The van der Waals surface area contributed by atoms with E-state index in [1.807, 2.05) is 0 Å². The average molecular weight is 540 g/mol. The normalized spacial score (nSPS) is 20.7. The monoisotopic (exact) mass is 539 g/mol. The number of carbonyl (C=O) groups is 5. The molecule has 0 bridgehead atoms. The molecular weight excluding hydrogens is 506 g/mol. The molecule has 208 valence electrons. The molecule has 1 fully saturated rings. The molecule has 1 heterocycles. The number of rotatable bonds is 7. The number of amides is 4. The molecule has 0 radical (unpaired) electrons. The zero-order valence-corrected chi connectivity index (χ0v) is 21.3. The minimum absolute atomic E-state index is 0.000574. The Hall–Kier alpha value is -4.45. The first-order valence-corrected chi connectivity index (χ1v) is 12.6. The Morgan fingerprint density at radius 3 is 2.36 bits per heavy atom. The maximum Gasteiger partial charge on any atom is 0.307 e. The van der Waals surface area contributed by atoms with Crippen LogP contribution in [0.3, 0.4) is 0 Å². The van der Waals surface area contributed by atoms with Crippen molar-refractivity contribution in [2.75, 3.05) is 6.54 Å². The summed E-state index contributed by atoms with van der Waals surface area (Å²) >= 11 is 0. The number of benzene rings is 2. The first kappa shape index (κ1) is 29.1. The van der Waals surface area contributed by atoms with Crippen molar-refractivity contribution in [3.05, 3.63) is 65.2 Å². The summed E-state index contributed by atoms with van der Waals surface area (Å²) in [6, 6.07) is 10.4. The van der Waals surface area contributed by atoms with E-state index in [0.717, 1.165) is 5.56 Å². The Morgan fingerprint density at radius 2 is 1.67 bits per heavy atom. The molecule has 8 N–H and O–H groups in total. The summed E-state index contributed by atoms with van der Waals surface area (Å²) in [5.74, 6) is -2.95. The van der Waals surface area contributed by atoms with Crippen molar-refractivity contribution in [3.8, 4) is 5.75 Å². The van der Waals surface area contributed by atoms with Crippen LogP contribution in [0.4, 0.5) is 0 Å². The minimum Gasteiger partial charge on any atom is -0.508 e. The second kappa shape index (κ2) is 13.9. The van der Waals surface area contributed by atoms with E-state index in [4.69, 9.17) is 10.8 Å². The number of aromatic hydroxyl groups is 1. The molecule has 4 amide bonds. The predicted molar refractivity (Wildman–Crippen MR) is 140 cm³/mol. The van der Waals surface area contributed by atoms with E-state index in [2.05, 4.69) is 21.3 Å². The molecule has 1 saturated heterocycles. The summed E-state index contributed by atoms with van der Waals surface area (Å²) in [4.78, 5) is 62.2. The van der Waals surface area contributed by atoms with Crippen molar-refractivity contribution in [1.29, 1.82) is 0 Å². The Morgan fingerprint density at radius 1 is 0.974 bits per heavy atom. The van der Waals surface area contributed by atoms with Crippen molar-refractivity contribution in [2.45, 2.75) is 56.8 Å². The van der Waals surface area contributed by atoms with Gasteiger partial charge >= 0.3 is 5.97 Å². The highest BCUT2D eigenvalue weighted by Crippen LogP contribution is 2.14. The van der Waals surface area contributed by atoms with E-state index >= 15 is 0 Å². The minimum atomic E-state index is -1.05. The molecule has 0 spiro atoms. The van der Waals surface area contributed by atoms with Gasteiger partial charge in [0.2, 0.25) is 23.6 Å². The van der Waals surface area contributed by atoms with Crippen molar-refractivity contribution in [3.63, 3.8) is 0 Å². The SMILES string of the molecule is N[C@H]1CNC(=O)CC[C@@H](C(=O)NCc2ccccc2CC(=O)O)NC(=O)C[C@H](Cc2ccc(O)cc2)NC1=O. The molecular formula is C27H33N5O7. The molecule has 3 rings (SSSR count). The van der Waals surface area contributed by atoms with Crippen molar-refractivity contribution < 1.29 is 34.2 Å². The van der Waals surface area contributed by atoms with Gasteiger partial charge in [-0.2, -0.15) is 0 Å². The molecule has 12 heteroatoms. The van der Waals surface area contributed by atoms with E-state index in [-0.39, 0.29) is 50.9 Å². The van der Waals surface area contributed by atoms with E-state index in [0.29, 0.717) is 11.1 Å². The van der Waals surface area contributed by atoms with Gasteiger partial charge in [0.1, 0.15) is 17.8 Å². The van der Waals surface area contributed by atoms with Gasteiger partial charge in [-0.3, -0.25) is 24.0 Å². The number of nitrogens with one attached hydrogen (secondary N) is 4. The van der Waals surface area contributed by atoms with Crippen LogP contribution in [0, 0.1) is 0 Å². The second-order valence-electron chi connectivity index (χ2n) is 9.41. The number of nitrogens with two attached hydrogens (primary N) is 1. The van der Waals surface area contributed by atoms with Crippen LogP contribution >= 0.6 is 0 Å². The number of phenolic OH excluding ortho intramolecular Hbond substituents is 1. The standard InChI is InChI=1S/C27H33N5O7/c28-21-15-29-23(34)10-9-22(27(39)30-14-18-4-2-1-3-17(18)12-25(36)37)32-24(35)13-19(31-26(21)38)11-16-5-7-20(33)8-6-16/h1-8,19,21-22,33H,9-15,28H2,(H,29,34)(H,30,39)(H,31,38)(H,32,35)(H,36,37)/t19-,21-,22-/m0/s1. The van der Waals surface area contributed by atoms with Gasteiger partial charge in [-0.1, -0.05) is 36.4 Å². The fraction of sp³-hybridized carbons (Fsp3) is 0.370. The fourth-order valence-corrected chi connectivity index (χ4v) is 4.20. The Bertz CT molecular complexity index is 1200. The lowest BCUT2D eigenvalue weighted by Gasteiger charge is -2.22. The highest BCUT2D eigenvalue weighted by molar-refractivity contribution is 5.89. The molecule has 2 aromatic carbocycles. The summed E-state index contributed by atoms with van der Waals surface area (Å²) in [5.41, 5.74) is 7.84. The van der Waals surface area contributed by atoms with Crippen LogP contribution in [0.15, 0.2) is 48.5 Å². The topological polar surface area (TPSA) is 200 Å². The summed E-state index contributed by atoms with van der Waals surface area (Å²) in [6.45, 7) is -0.0789. The molecule has 3 atom stereocenters. The van der Waals surface area contributed by atoms with Gasteiger partial charge in [-0.15, -0.1) is 0 Å². The summed E-state index contributed by atoms with van der Waals surface area (Å²) in [6.07, 6.45) is -0.205. The van der Waals surface area contributed by atoms with Gasteiger partial charge in [0.25, 0.3) is 0 Å². The lowest BCUT2D eigenvalue weighted by molar-refractivity contribution is -0.136. The smallest absolute Gasteiger partial charge is 0.307 e. The van der Waals surface area contributed by atoms with Crippen LogP contribution < -0.4 is 27.0 Å². The number of hydrogen-bond donors (Lipinski definition) is 7. The van der Waals surface area contributed by atoms with E-state index in [9.17, 15) is 29.1 Å². The van der Waals surface area contributed by atoms with E-state index in [1.165, 1.54) is 12.1 Å². The van der Waals surface area contributed by atoms with Crippen LogP contribution in [-0.2, 0) is 43.4 Å². The van der Waals surface area contributed by atoms with Crippen LogP contribution in [0.5, 0.6) is 5.75 Å². The lowest BCUT2D eigenvalue weighted by Crippen LogP contribution is -2.52.